The average Bonchev–Trinajstić information content (AvgIpc) is 2.56. The van der Waals surface area contributed by atoms with Crippen molar-refractivity contribution in [2.75, 3.05) is 18.5 Å². The van der Waals surface area contributed by atoms with Gasteiger partial charge in [-0.3, -0.25) is 0 Å². The molecule has 3 N–H and O–H groups in total. The molecule has 0 aliphatic carbocycles. The number of aromatic nitrogens is 1. The van der Waals surface area contributed by atoms with Gasteiger partial charge in [0.25, 0.3) is 0 Å². The molecule has 1 aromatic heterocycles. The number of benzene rings is 1. The Bertz CT molecular complexity index is 677. The van der Waals surface area contributed by atoms with Gasteiger partial charge in [0.15, 0.2) is 0 Å². The Morgan fingerprint density at radius 3 is 2.62 bits per heavy atom. The predicted molar refractivity (Wildman–Crippen MR) is 96.3 cm³/mol. The quantitative estimate of drug-likeness (QED) is 0.698. The summed E-state index contributed by atoms with van der Waals surface area (Å²) in [5.41, 5.74) is 1.28. The summed E-state index contributed by atoms with van der Waals surface area (Å²) in [6.07, 6.45) is 1.53. The number of urea groups is 1. The van der Waals surface area contributed by atoms with E-state index in [1.165, 1.54) is 6.20 Å². The number of halogens is 1. The molecule has 2 rings (SSSR count). The van der Waals surface area contributed by atoms with Crippen molar-refractivity contribution in [2.24, 2.45) is 5.41 Å². The predicted octanol–water partition coefficient (Wildman–Crippen LogP) is 3.66. The van der Waals surface area contributed by atoms with E-state index in [4.69, 9.17) is 11.6 Å². The fourth-order valence-corrected chi connectivity index (χ4v) is 2.67. The van der Waals surface area contributed by atoms with Crippen molar-refractivity contribution in [3.05, 3.63) is 59.4 Å². The number of aliphatic hydroxyl groups excluding tert-OH is 1. The van der Waals surface area contributed by atoms with Crippen LogP contribution in [0.15, 0.2) is 48.7 Å². The molecular weight excluding hydrogens is 326 g/mol. The molecule has 0 aliphatic rings. The van der Waals surface area contributed by atoms with E-state index in [2.05, 4.69) is 15.6 Å². The van der Waals surface area contributed by atoms with Gasteiger partial charge in [-0.2, -0.15) is 0 Å². The molecule has 0 fully saturated rings. The van der Waals surface area contributed by atoms with Gasteiger partial charge >= 0.3 is 6.03 Å². The molecule has 5 nitrogen and oxygen atoms in total. The molecule has 128 valence electrons. The third-order valence-electron chi connectivity index (χ3n) is 4.00. The smallest absolute Gasteiger partial charge is 0.319 e. The molecule has 1 unspecified atom stereocenters. The molecule has 1 aromatic carbocycles. The first kappa shape index (κ1) is 18.2. The van der Waals surface area contributed by atoms with Crippen molar-refractivity contribution < 1.29 is 9.90 Å². The monoisotopic (exact) mass is 347 g/mol. The Labute approximate surface area is 147 Å². The third kappa shape index (κ3) is 4.94. The summed E-state index contributed by atoms with van der Waals surface area (Å²) in [5.74, 6) is -0.0181. The van der Waals surface area contributed by atoms with Gasteiger partial charge in [-0.15, -0.1) is 0 Å². The van der Waals surface area contributed by atoms with Gasteiger partial charge in [0.2, 0.25) is 0 Å². The van der Waals surface area contributed by atoms with Gasteiger partial charge in [0.1, 0.15) is 5.15 Å². The lowest BCUT2D eigenvalue weighted by atomic mass is 9.75. The van der Waals surface area contributed by atoms with Crippen LogP contribution in [-0.2, 0) is 0 Å². The van der Waals surface area contributed by atoms with Crippen molar-refractivity contribution in [1.82, 2.24) is 10.3 Å². The highest BCUT2D eigenvalue weighted by Gasteiger charge is 2.30. The molecular formula is C18H22ClN3O2. The highest BCUT2D eigenvalue weighted by atomic mass is 35.5. The summed E-state index contributed by atoms with van der Waals surface area (Å²) in [6.45, 7) is 4.39. The van der Waals surface area contributed by atoms with E-state index in [9.17, 15) is 9.90 Å². The molecule has 6 heteroatoms. The fraction of sp³-hybridized carbons (Fsp3) is 0.333. The zero-order chi connectivity index (χ0) is 17.6. The number of hydrogen-bond donors (Lipinski definition) is 3. The molecule has 1 heterocycles. The number of amides is 2. The number of rotatable bonds is 6. The van der Waals surface area contributed by atoms with Crippen molar-refractivity contribution >= 4 is 23.3 Å². The fourth-order valence-electron chi connectivity index (χ4n) is 2.49. The Morgan fingerprint density at radius 2 is 2.00 bits per heavy atom. The Hall–Kier alpha value is -2.11. The van der Waals surface area contributed by atoms with Crippen LogP contribution in [0.1, 0.15) is 25.3 Å². The van der Waals surface area contributed by atoms with E-state index in [0.717, 1.165) is 5.56 Å². The second-order valence-corrected chi connectivity index (χ2v) is 6.70. The first-order valence-corrected chi connectivity index (χ1v) is 8.12. The lowest BCUT2D eigenvalue weighted by molar-refractivity contribution is 0.130. The Kier molecular flexibility index (Phi) is 6.17. The van der Waals surface area contributed by atoms with E-state index >= 15 is 0 Å². The molecule has 0 bridgehead atoms. The van der Waals surface area contributed by atoms with Crippen LogP contribution in [-0.4, -0.2) is 29.3 Å². The van der Waals surface area contributed by atoms with Gasteiger partial charge in [-0.1, -0.05) is 55.8 Å². The van der Waals surface area contributed by atoms with E-state index in [-0.39, 0.29) is 24.0 Å². The topological polar surface area (TPSA) is 74.2 Å². The van der Waals surface area contributed by atoms with Crippen LogP contribution in [0.4, 0.5) is 10.5 Å². The summed E-state index contributed by atoms with van der Waals surface area (Å²) in [6, 6.07) is 12.8. The van der Waals surface area contributed by atoms with Crippen molar-refractivity contribution in [3.63, 3.8) is 0 Å². The third-order valence-corrected chi connectivity index (χ3v) is 4.21. The minimum Gasteiger partial charge on any atom is -0.396 e. The molecule has 2 aromatic rings. The maximum Gasteiger partial charge on any atom is 0.319 e. The molecule has 0 aliphatic heterocycles. The number of pyridine rings is 1. The number of carbonyl (C=O) groups excluding carboxylic acids is 1. The van der Waals surface area contributed by atoms with E-state index < -0.39 is 0 Å². The largest absolute Gasteiger partial charge is 0.396 e. The minimum atomic E-state index is -0.366. The highest BCUT2D eigenvalue weighted by Crippen LogP contribution is 2.34. The first-order valence-electron chi connectivity index (χ1n) is 7.74. The zero-order valence-corrected chi connectivity index (χ0v) is 14.5. The van der Waals surface area contributed by atoms with Crippen molar-refractivity contribution in [1.29, 1.82) is 0 Å². The minimum absolute atomic E-state index is 0.0181. The van der Waals surface area contributed by atoms with Gasteiger partial charge in [-0.05, 0) is 23.1 Å². The molecule has 0 saturated heterocycles. The van der Waals surface area contributed by atoms with E-state index in [0.29, 0.717) is 17.4 Å². The lowest BCUT2D eigenvalue weighted by Gasteiger charge is -2.33. The number of nitrogens with one attached hydrogen (secondary N) is 2. The Balaban J connectivity index is 2.04. The van der Waals surface area contributed by atoms with Crippen LogP contribution in [0.25, 0.3) is 0 Å². The molecule has 0 radical (unpaired) electrons. The SMILES string of the molecule is CC(C)(CO)C(CNC(=O)Nc1ccnc(Cl)c1)c1ccccc1. The second-order valence-electron chi connectivity index (χ2n) is 6.31. The number of hydrogen-bond acceptors (Lipinski definition) is 3. The van der Waals surface area contributed by atoms with Gasteiger partial charge in [-0.25, -0.2) is 9.78 Å². The maximum atomic E-state index is 12.1. The van der Waals surface area contributed by atoms with Gasteiger partial charge < -0.3 is 15.7 Å². The molecule has 0 spiro atoms. The molecule has 0 saturated carbocycles. The normalized spacial score (nSPS) is 12.5. The van der Waals surface area contributed by atoms with Crippen molar-refractivity contribution in [2.45, 2.75) is 19.8 Å². The van der Waals surface area contributed by atoms with Gasteiger partial charge in [0, 0.05) is 31.0 Å². The summed E-state index contributed by atoms with van der Waals surface area (Å²) in [5, 5.41) is 15.6. The van der Waals surface area contributed by atoms with Crippen LogP contribution in [0, 0.1) is 5.41 Å². The van der Waals surface area contributed by atoms with E-state index in [1.54, 1.807) is 12.1 Å². The number of anilines is 1. The standard InChI is InChI=1S/C18H22ClN3O2/c1-18(2,12-23)15(13-6-4-3-5-7-13)11-21-17(24)22-14-8-9-20-16(19)10-14/h3-10,15,23H,11-12H2,1-2H3,(H2,20,21,22,24). The second kappa shape index (κ2) is 8.13. The molecule has 2 amide bonds. The average molecular weight is 348 g/mol. The van der Waals surface area contributed by atoms with Crippen LogP contribution >= 0.6 is 11.6 Å². The summed E-state index contributed by atoms with van der Waals surface area (Å²) in [4.78, 5) is 16.0. The van der Waals surface area contributed by atoms with Crippen LogP contribution in [0.3, 0.4) is 0 Å². The van der Waals surface area contributed by atoms with Crippen LogP contribution < -0.4 is 10.6 Å². The summed E-state index contributed by atoms with van der Waals surface area (Å²) in [7, 11) is 0. The number of nitrogens with zero attached hydrogens (tertiary/aromatic N) is 1. The van der Waals surface area contributed by atoms with Crippen LogP contribution in [0.2, 0.25) is 5.15 Å². The molecule has 1 atom stereocenters. The highest BCUT2D eigenvalue weighted by molar-refractivity contribution is 6.29. The van der Waals surface area contributed by atoms with Crippen molar-refractivity contribution in [3.8, 4) is 0 Å². The van der Waals surface area contributed by atoms with E-state index in [1.807, 2.05) is 44.2 Å². The van der Waals surface area contributed by atoms with Crippen LogP contribution in [0.5, 0.6) is 0 Å². The molecule has 24 heavy (non-hydrogen) atoms. The lowest BCUT2D eigenvalue weighted by Crippen LogP contribution is -2.38. The Morgan fingerprint density at radius 1 is 1.29 bits per heavy atom. The van der Waals surface area contributed by atoms with Gasteiger partial charge in [0.05, 0.1) is 0 Å². The first-order chi connectivity index (χ1) is 11.4. The number of aliphatic hydroxyl groups is 1. The summed E-state index contributed by atoms with van der Waals surface area (Å²) < 4.78 is 0. The summed E-state index contributed by atoms with van der Waals surface area (Å²) >= 11 is 5.80. The number of carbonyl (C=O) groups is 1. The maximum absolute atomic E-state index is 12.1. The zero-order valence-electron chi connectivity index (χ0n) is 13.8.